The Bertz CT molecular complexity index is 1090. The topological polar surface area (TPSA) is 64.4 Å². The maximum Gasteiger partial charge on any atom is 0.291 e. The number of amides is 1. The summed E-state index contributed by atoms with van der Waals surface area (Å²) in [4.78, 5) is 17.2. The Kier molecular flexibility index (Phi) is 5.21. The van der Waals surface area contributed by atoms with Gasteiger partial charge in [0.05, 0.1) is 17.0 Å². The number of para-hydroxylation sites is 1. The van der Waals surface area contributed by atoms with Crippen LogP contribution in [0.4, 0.5) is 5.69 Å². The third-order valence-corrected chi connectivity index (χ3v) is 4.90. The smallest absolute Gasteiger partial charge is 0.291 e. The molecule has 0 spiro atoms. The fourth-order valence-electron chi connectivity index (χ4n) is 2.77. The summed E-state index contributed by atoms with van der Waals surface area (Å²) in [6.45, 7) is 2.22. The van der Waals surface area contributed by atoms with E-state index in [9.17, 15) is 4.79 Å². The number of aryl methyl sites for hydroxylation is 1. The Labute approximate surface area is 166 Å². The first-order chi connectivity index (χ1) is 13.7. The van der Waals surface area contributed by atoms with Crippen molar-refractivity contribution in [3.05, 3.63) is 88.6 Å². The molecule has 0 aliphatic rings. The molecule has 28 heavy (non-hydrogen) atoms. The van der Waals surface area contributed by atoms with Crippen LogP contribution < -0.4 is 10.1 Å². The molecule has 6 heteroatoms. The Hall–Kier alpha value is -3.38. The van der Waals surface area contributed by atoms with Gasteiger partial charge < -0.3 is 14.5 Å². The summed E-state index contributed by atoms with van der Waals surface area (Å²) in [5.74, 6) is 0.662. The summed E-state index contributed by atoms with van der Waals surface area (Å²) in [5.41, 5.74) is 3.22. The molecule has 0 unspecified atom stereocenters. The number of carbonyl (C=O) groups excluding carboxylic acids is 1. The van der Waals surface area contributed by atoms with Gasteiger partial charge in [-0.25, -0.2) is 4.98 Å². The number of ether oxygens (including phenoxy) is 1. The average molecular weight is 390 g/mol. The fraction of sp³-hybridized carbons (Fsp3) is 0.0909. The molecule has 0 bridgehead atoms. The lowest BCUT2D eigenvalue weighted by Crippen LogP contribution is -2.13. The van der Waals surface area contributed by atoms with Gasteiger partial charge >= 0.3 is 0 Å². The first kappa shape index (κ1) is 18.0. The number of hydrogen-bond acceptors (Lipinski definition) is 5. The quantitative estimate of drug-likeness (QED) is 0.469. The zero-order chi connectivity index (χ0) is 19.3. The normalized spacial score (nSPS) is 10.6. The van der Waals surface area contributed by atoms with E-state index in [1.54, 1.807) is 17.4 Å². The van der Waals surface area contributed by atoms with Crippen molar-refractivity contribution < 1.29 is 13.9 Å². The predicted molar refractivity (Wildman–Crippen MR) is 110 cm³/mol. The lowest BCUT2D eigenvalue weighted by molar-refractivity contribution is 0.0993. The van der Waals surface area contributed by atoms with Crippen molar-refractivity contribution in [3.8, 4) is 17.0 Å². The second-order valence-electron chi connectivity index (χ2n) is 6.16. The van der Waals surface area contributed by atoms with E-state index in [2.05, 4.69) is 10.3 Å². The number of carbonyl (C=O) groups is 1. The molecule has 0 atom stereocenters. The van der Waals surface area contributed by atoms with Gasteiger partial charge in [-0.2, -0.15) is 0 Å². The largest absolute Gasteiger partial charge is 0.489 e. The summed E-state index contributed by atoms with van der Waals surface area (Å²) in [7, 11) is 0. The molecule has 0 aliphatic heterocycles. The molecule has 0 aliphatic carbocycles. The van der Waals surface area contributed by atoms with Gasteiger partial charge in [0.2, 0.25) is 0 Å². The Morgan fingerprint density at radius 2 is 2.00 bits per heavy atom. The number of aromatic nitrogens is 1. The van der Waals surface area contributed by atoms with Crippen LogP contribution in [0.25, 0.3) is 11.3 Å². The molecule has 0 radical (unpaired) electrons. The minimum Gasteiger partial charge on any atom is -0.489 e. The van der Waals surface area contributed by atoms with Crippen LogP contribution >= 0.6 is 11.3 Å². The number of nitrogens with zero attached hydrogens (tertiary/aromatic N) is 1. The molecule has 1 N–H and O–H groups in total. The fourth-order valence-corrected chi connectivity index (χ4v) is 3.39. The molecule has 2 aromatic carbocycles. The van der Waals surface area contributed by atoms with E-state index in [4.69, 9.17) is 9.15 Å². The predicted octanol–water partition coefficient (Wildman–Crippen LogP) is 5.54. The maximum absolute atomic E-state index is 12.7. The van der Waals surface area contributed by atoms with Crippen LogP contribution in [0, 0.1) is 6.92 Å². The van der Waals surface area contributed by atoms with E-state index in [1.807, 2.05) is 66.9 Å². The Morgan fingerprint density at radius 1 is 1.14 bits per heavy atom. The van der Waals surface area contributed by atoms with Gasteiger partial charge in [-0.1, -0.05) is 30.3 Å². The highest BCUT2D eigenvalue weighted by molar-refractivity contribution is 7.09. The van der Waals surface area contributed by atoms with Gasteiger partial charge in [0.25, 0.3) is 5.91 Å². The molecule has 4 rings (SSSR count). The van der Waals surface area contributed by atoms with Crippen LogP contribution in [0.1, 0.15) is 21.1 Å². The van der Waals surface area contributed by atoms with Crippen LogP contribution in [0.2, 0.25) is 0 Å². The molecule has 140 valence electrons. The zero-order valence-electron chi connectivity index (χ0n) is 15.2. The van der Waals surface area contributed by atoms with Gasteiger partial charge in [0, 0.05) is 22.2 Å². The molecule has 0 fully saturated rings. The highest BCUT2D eigenvalue weighted by Crippen LogP contribution is 2.25. The van der Waals surface area contributed by atoms with Gasteiger partial charge in [-0.15, -0.1) is 11.3 Å². The summed E-state index contributed by atoms with van der Waals surface area (Å²) < 4.78 is 11.1. The molecule has 2 heterocycles. The minimum atomic E-state index is -0.316. The lowest BCUT2D eigenvalue weighted by atomic mass is 10.1. The lowest BCUT2D eigenvalue weighted by Gasteiger charge is -2.08. The highest BCUT2D eigenvalue weighted by atomic mass is 32.1. The van der Waals surface area contributed by atoms with Crippen molar-refractivity contribution in [3.63, 3.8) is 0 Å². The summed E-state index contributed by atoms with van der Waals surface area (Å²) in [5, 5.41) is 5.89. The number of benzene rings is 2. The molecule has 0 saturated carbocycles. The summed E-state index contributed by atoms with van der Waals surface area (Å²) in [6, 6.07) is 18.8. The molecule has 2 aromatic heterocycles. The zero-order valence-corrected chi connectivity index (χ0v) is 16.0. The molecule has 4 aromatic rings. The van der Waals surface area contributed by atoms with Crippen LogP contribution in [-0.4, -0.2) is 10.9 Å². The monoisotopic (exact) mass is 390 g/mol. The molecule has 0 saturated heterocycles. The van der Waals surface area contributed by atoms with Crippen LogP contribution in [-0.2, 0) is 6.61 Å². The third kappa shape index (κ3) is 4.13. The van der Waals surface area contributed by atoms with Crippen LogP contribution in [0.15, 0.2) is 76.7 Å². The molecular weight excluding hydrogens is 372 g/mol. The van der Waals surface area contributed by atoms with Crippen LogP contribution in [0.5, 0.6) is 5.75 Å². The van der Waals surface area contributed by atoms with Crippen molar-refractivity contribution in [2.75, 3.05) is 5.32 Å². The molecule has 1 amide bonds. The number of furan rings is 1. The number of thiazole rings is 1. The second kappa shape index (κ2) is 8.10. The standard InChI is InChI=1S/C22H18N2O3S/c1-15-23-20(14-28-15)16-6-5-7-18(12-16)24-22(25)21-17(10-11-26-21)13-27-19-8-3-2-4-9-19/h2-12,14H,13H2,1H3,(H,24,25). The SMILES string of the molecule is Cc1nc(-c2cccc(NC(=O)c3occc3COc3ccccc3)c2)cs1. The number of rotatable bonds is 6. The van der Waals surface area contributed by atoms with E-state index in [0.717, 1.165) is 22.0 Å². The van der Waals surface area contributed by atoms with Crippen molar-refractivity contribution in [1.82, 2.24) is 4.98 Å². The first-order valence-electron chi connectivity index (χ1n) is 8.77. The van der Waals surface area contributed by atoms with Crippen LogP contribution in [0.3, 0.4) is 0 Å². The van der Waals surface area contributed by atoms with Crippen molar-refractivity contribution >= 4 is 22.9 Å². The number of anilines is 1. The van der Waals surface area contributed by atoms with E-state index in [1.165, 1.54) is 6.26 Å². The highest BCUT2D eigenvalue weighted by Gasteiger charge is 2.16. The van der Waals surface area contributed by atoms with E-state index < -0.39 is 0 Å². The van der Waals surface area contributed by atoms with Gasteiger partial charge in [0.15, 0.2) is 5.76 Å². The first-order valence-corrected chi connectivity index (χ1v) is 9.65. The summed E-state index contributed by atoms with van der Waals surface area (Å²) in [6.07, 6.45) is 1.49. The second-order valence-corrected chi connectivity index (χ2v) is 7.23. The molecular formula is C22H18N2O3S. The van der Waals surface area contributed by atoms with Crippen molar-refractivity contribution in [2.24, 2.45) is 0 Å². The van der Waals surface area contributed by atoms with E-state index >= 15 is 0 Å². The Morgan fingerprint density at radius 3 is 2.79 bits per heavy atom. The van der Waals surface area contributed by atoms with Gasteiger partial charge in [-0.3, -0.25) is 4.79 Å². The van der Waals surface area contributed by atoms with Gasteiger partial charge in [-0.05, 0) is 37.3 Å². The third-order valence-electron chi connectivity index (χ3n) is 4.13. The number of nitrogens with one attached hydrogen (secondary N) is 1. The average Bonchev–Trinajstić information content (AvgIpc) is 3.36. The van der Waals surface area contributed by atoms with Gasteiger partial charge in [0.1, 0.15) is 12.4 Å². The Balaban J connectivity index is 1.47. The van der Waals surface area contributed by atoms with Crippen molar-refractivity contribution in [1.29, 1.82) is 0 Å². The van der Waals surface area contributed by atoms with Crippen molar-refractivity contribution in [2.45, 2.75) is 13.5 Å². The van der Waals surface area contributed by atoms with E-state index in [-0.39, 0.29) is 18.3 Å². The maximum atomic E-state index is 12.7. The van der Waals surface area contributed by atoms with E-state index in [0.29, 0.717) is 11.3 Å². The summed E-state index contributed by atoms with van der Waals surface area (Å²) >= 11 is 1.60. The minimum absolute atomic E-state index is 0.242. The molecule has 5 nitrogen and oxygen atoms in total. The number of hydrogen-bond donors (Lipinski definition) is 1.